The summed E-state index contributed by atoms with van der Waals surface area (Å²) < 4.78 is 28.6. The number of nitrogens with zero attached hydrogens (tertiary/aromatic N) is 5. The maximum atomic E-state index is 12.2. The molecule has 134 valence electrons. The number of aryl methyl sites for hydroxylation is 3. The second-order valence-corrected chi connectivity index (χ2v) is 8.49. The molecular formula is C16H22N6O2S. The van der Waals surface area contributed by atoms with E-state index in [1.807, 2.05) is 0 Å². The lowest BCUT2D eigenvalue weighted by atomic mass is 9.96. The van der Waals surface area contributed by atoms with Crippen LogP contribution in [0.25, 0.3) is 0 Å². The Kier molecular flexibility index (Phi) is 4.20. The summed E-state index contributed by atoms with van der Waals surface area (Å²) in [7, 11) is -1.89. The summed E-state index contributed by atoms with van der Waals surface area (Å²) in [5.41, 5.74) is 2.45. The summed E-state index contributed by atoms with van der Waals surface area (Å²) >= 11 is 0. The van der Waals surface area contributed by atoms with E-state index >= 15 is 0 Å². The van der Waals surface area contributed by atoms with Gasteiger partial charge in [-0.2, -0.15) is 5.10 Å². The van der Waals surface area contributed by atoms with Gasteiger partial charge in [0.2, 0.25) is 5.16 Å². The van der Waals surface area contributed by atoms with Crippen LogP contribution in [-0.4, -0.2) is 47.8 Å². The Hall–Kier alpha value is -2.00. The van der Waals surface area contributed by atoms with Gasteiger partial charge in [-0.3, -0.25) is 0 Å². The Labute approximate surface area is 147 Å². The highest BCUT2D eigenvalue weighted by atomic mass is 32.2. The van der Waals surface area contributed by atoms with Gasteiger partial charge in [0.1, 0.15) is 0 Å². The van der Waals surface area contributed by atoms with Crippen LogP contribution in [0.5, 0.6) is 0 Å². The van der Waals surface area contributed by atoms with Crippen LogP contribution in [0, 0.1) is 5.92 Å². The Bertz CT molecular complexity index is 873. The average Bonchev–Trinajstić information content (AvgIpc) is 3.00. The fraction of sp³-hybridized carbons (Fsp3) is 0.562. The van der Waals surface area contributed by atoms with Crippen LogP contribution in [0.3, 0.4) is 0 Å². The number of sulfonamides is 1. The molecule has 25 heavy (non-hydrogen) atoms. The monoisotopic (exact) mass is 362 g/mol. The van der Waals surface area contributed by atoms with Gasteiger partial charge >= 0.3 is 0 Å². The lowest BCUT2D eigenvalue weighted by Crippen LogP contribution is -2.52. The van der Waals surface area contributed by atoms with Gasteiger partial charge in [-0.15, -0.1) is 5.10 Å². The number of hydrogen-bond donors (Lipinski definition) is 1. The molecule has 0 unspecified atom stereocenters. The molecule has 0 radical (unpaired) electrons. The van der Waals surface area contributed by atoms with Crippen molar-refractivity contribution in [2.24, 2.45) is 13.0 Å². The smallest absolute Gasteiger partial charge is 0.274 e. The van der Waals surface area contributed by atoms with Gasteiger partial charge in [0.25, 0.3) is 10.0 Å². The van der Waals surface area contributed by atoms with Crippen LogP contribution in [0.4, 0.5) is 5.82 Å². The predicted octanol–water partition coefficient (Wildman–Crippen LogP) is 0.504. The molecule has 0 bridgehead atoms. The molecule has 2 aromatic rings. The first kappa shape index (κ1) is 16.5. The van der Waals surface area contributed by atoms with Gasteiger partial charge in [-0.25, -0.2) is 18.1 Å². The molecule has 1 fully saturated rings. The van der Waals surface area contributed by atoms with E-state index < -0.39 is 10.0 Å². The van der Waals surface area contributed by atoms with Crippen LogP contribution < -0.4 is 9.62 Å². The van der Waals surface area contributed by atoms with Crippen molar-refractivity contribution in [3.63, 3.8) is 0 Å². The predicted molar refractivity (Wildman–Crippen MR) is 92.8 cm³/mol. The van der Waals surface area contributed by atoms with Crippen LogP contribution in [0.15, 0.2) is 23.6 Å². The normalized spacial score (nSPS) is 18.0. The molecule has 1 aliphatic heterocycles. The third-order valence-electron chi connectivity index (χ3n) is 4.92. The zero-order valence-electron chi connectivity index (χ0n) is 14.2. The van der Waals surface area contributed by atoms with Crippen molar-refractivity contribution in [1.82, 2.24) is 24.5 Å². The first-order valence-electron chi connectivity index (χ1n) is 8.60. The van der Waals surface area contributed by atoms with Gasteiger partial charge in [0.05, 0.1) is 5.69 Å². The lowest BCUT2D eigenvalue weighted by molar-refractivity contribution is 0.401. The molecule has 0 amide bonds. The topological polar surface area (TPSA) is 93.0 Å². The van der Waals surface area contributed by atoms with Crippen LogP contribution in [0.1, 0.15) is 24.1 Å². The first-order chi connectivity index (χ1) is 12.0. The summed E-state index contributed by atoms with van der Waals surface area (Å²) in [6.45, 7) is 1.98. The molecule has 0 atom stereocenters. The second-order valence-electron chi connectivity index (χ2n) is 6.83. The molecule has 1 aliphatic carbocycles. The van der Waals surface area contributed by atoms with E-state index in [0.29, 0.717) is 6.54 Å². The van der Waals surface area contributed by atoms with Crippen molar-refractivity contribution in [3.8, 4) is 0 Å². The lowest BCUT2D eigenvalue weighted by Gasteiger charge is -2.40. The minimum atomic E-state index is -3.56. The highest BCUT2D eigenvalue weighted by Crippen LogP contribution is 2.26. The quantitative estimate of drug-likeness (QED) is 0.833. The average molecular weight is 362 g/mol. The SMILES string of the molecule is Cn1ccnc1S(=O)(=O)NCC1CN(c2cc3c(nn2)CCCC3)C1. The third-order valence-corrected chi connectivity index (χ3v) is 6.34. The molecule has 0 aromatic carbocycles. The van der Waals surface area contributed by atoms with E-state index in [1.165, 1.54) is 29.2 Å². The van der Waals surface area contributed by atoms with E-state index in [4.69, 9.17) is 0 Å². The van der Waals surface area contributed by atoms with Crippen LogP contribution in [-0.2, 0) is 29.9 Å². The van der Waals surface area contributed by atoms with Gasteiger partial charge in [0.15, 0.2) is 5.82 Å². The minimum Gasteiger partial charge on any atom is -0.354 e. The number of aromatic nitrogens is 4. The maximum Gasteiger partial charge on any atom is 0.274 e. The molecule has 1 N–H and O–H groups in total. The highest BCUT2D eigenvalue weighted by molar-refractivity contribution is 7.89. The van der Waals surface area contributed by atoms with E-state index in [0.717, 1.165) is 37.4 Å². The van der Waals surface area contributed by atoms with Crippen LogP contribution >= 0.6 is 0 Å². The largest absolute Gasteiger partial charge is 0.354 e. The molecular weight excluding hydrogens is 340 g/mol. The summed E-state index contributed by atoms with van der Waals surface area (Å²) in [6.07, 6.45) is 7.63. The molecule has 2 aliphatic rings. The number of imidazole rings is 1. The molecule has 9 heteroatoms. The fourth-order valence-electron chi connectivity index (χ4n) is 3.42. The van der Waals surface area contributed by atoms with Gasteiger partial charge in [-0.1, -0.05) is 0 Å². The summed E-state index contributed by atoms with van der Waals surface area (Å²) in [4.78, 5) is 6.05. The minimum absolute atomic E-state index is 0.0456. The summed E-state index contributed by atoms with van der Waals surface area (Å²) in [5, 5.41) is 8.74. The molecule has 4 rings (SSSR count). The van der Waals surface area contributed by atoms with Gasteiger partial charge in [0, 0.05) is 45.0 Å². The Morgan fingerprint density at radius 1 is 1.24 bits per heavy atom. The number of rotatable bonds is 5. The molecule has 1 saturated heterocycles. The Balaban J connectivity index is 1.33. The zero-order chi connectivity index (χ0) is 17.4. The zero-order valence-corrected chi connectivity index (χ0v) is 15.0. The van der Waals surface area contributed by atoms with Crippen molar-refractivity contribution in [2.45, 2.75) is 30.8 Å². The van der Waals surface area contributed by atoms with E-state index in [9.17, 15) is 8.42 Å². The molecule has 3 heterocycles. The second kappa shape index (κ2) is 6.38. The molecule has 2 aromatic heterocycles. The molecule has 8 nitrogen and oxygen atoms in total. The highest BCUT2D eigenvalue weighted by Gasteiger charge is 2.30. The van der Waals surface area contributed by atoms with Crippen molar-refractivity contribution in [1.29, 1.82) is 0 Å². The summed E-state index contributed by atoms with van der Waals surface area (Å²) in [5.74, 6) is 1.18. The van der Waals surface area contributed by atoms with E-state index in [-0.39, 0.29) is 11.1 Å². The number of anilines is 1. The number of hydrogen-bond acceptors (Lipinski definition) is 6. The van der Waals surface area contributed by atoms with Crippen molar-refractivity contribution in [3.05, 3.63) is 29.7 Å². The van der Waals surface area contributed by atoms with Gasteiger partial charge in [-0.05, 0) is 37.3 Å². The third kappa shape index (κ3) is 3.25. The number of fused-ring (bicyclic) bond motifs is 1. The van der Waals surface area contributed by atoms with Crippen molar-refractivity contribution >= 4 is 15.8 Å². The van der Waals surface area contributed by atoms with Crippen LogP contribution in [0.2, 0.25) is 0 Å². The fourth-order valence-corrected chi connectivity index (χ4v) is 4.65. The van der Waals surface area contributed by atoms with Crippen molar-refractivity contribution < 1.29 is 8.42 Å². The standard InChI is InChI=1S/C16H22N6O2S/c1-21-7-6-17-16(21)25(23,24)18-9-12-10-22(11-12)15-8-13-4-2-3-5-14(13)19-20-15/h6-8,12,18H,2-5,9-11H2,1H3. The maximum absolute atomic E-state index is 12.2. The first-order valence-corrected chi connectivity index (χ1v) is 10.1. The van der Waals surface area contributed by atoms with E-state index in [2.05, 4.69) is 30.9 Å². The number of nitrogens with one attached hydrogen (secondary N) is 1. The Morgan fingerprint density at radius 2 is 2.04 bits per heavy atom. The van der Waals surface area contributed by atoms with Gasteiger partial charge < -0.3 is 9.47 Å². The van der Waals surface area contributed by atoms with Crippen molar-refractivity contribution in [2.75, 3.05) is 24.5 Å². The molecule has 0 spiro atoms. The molecule has 0 saturated carbocycles. The Morgan fingerprint density at radius 3 is 2.80 bits per heavy atom. The van der Waals surface area contributed by atoms with E-state index in [1.54, 1.807) is 13.2 Å². The summed E-state index contributed by atoms with van der Waals surface area (Å²) in [6, 6.07) is 2.15.